The second-order valence-electron chi connectivity index (χ2n) is 7.91. The number of aromatic nitrogens is 1. The van der Waals surface area contributed by atoms with Crippen LogP contribution in [0.15, 0.2) is 47.4 Å². The summed E-state index contributed by atoms with van der Waals surface area (Å²) >= 11 is 1.39. The Hall–Kier alpha value is -2.69. The molecule has 0 saturated heterocycles. The lowest BCUT2D eigenvalue weighted by molar-refractivity contribution is -0.118. The fraction of sp³-hybridized carbons (Fsp3) is 0.417. The Kier molecular flexibility index (Phi) is 7.70. The van der Waals surface area contributed by atoms with Crippen molar-refractivity contribution >= 4 is 42.4 Å². The minimum atomic E-state index is -3.56. The highest BCUT2D eigenvalue weighted by molar-refractivity contribution is 7.91. The molecule has 182 valence electrons. The number of likely N-dealkylation sites (N-methyl/N-ethyl adjacent to an activating group) is 1. The molecule has 0 unspecified atom stereocenters. The zero-order chi connectivity index (χ0) is 24.1. The van der Waals surface area contributed by atoms with Crippen molar-refractivity contribution in [1.82, 2.24) is 9.88 Å². The van der Waals surface area contributed by atoms with E-state index in [1.807, 2.05) is 12.1 Å². The third-order valence-electron chi connectivity index (χ3n) is 5.79. The molecule has 0 aliphatic carbocycles. The van der Waals surface area contributed by atoms with Gasteiger partial charge >= 0.3 is 0 Å². The van der Waals surface area contributed by atoms with E-state index in [4.69, 9.17) is 14.5 Å². The second kappa shape index (κ2) is 10.7. The third-order valence-corrected chi connectivity index (χ3v) is 8.57. The van der Waals surface area contributed by atoms with E-state index < -0.39 is 9.84 Å². The van der Waals surface area contributed by atoms with Crippen LogP contribution in [0.4, 0.5) is 5.13 Å². The van der Waals surface area contributed by atoms with E-state index in [9.17, 15) is 13.2 Å². The van der Waals surface area contributed by atoms with Gasteiger partial charge in [0, 0.05) is 31.6 Å². The summed E-state index contributed by atoms with van der Waals surface area (Å²) in [7, 11) is -3.56. The van der Waals surface area contributed by atoms with Crippen molar-refractivity contribution in [1.29, 1.82) is 0 Å². The molecule has 10 heteroatoms. The van der Waals surface area contributed by atoms with Gasteiger partial charge in [-0.15, -0.1) is 0 Å². The highest BCUT2D eigenvalue weighted by Gasteiger charge is 2.24. The zero-order valence-electron chi connectivity index (χ0n) is 19.4. The molecule has 0 N–H and O–H groups in total. The first-order chi connectivity index (χ1) is 16.4. The average Bonchev–Trinajstić information content (AvgIpc) is 3.26. The summed E-state index contributed by atoms with van der Waals surface area (Å²) in [5.74, 6) is 0.802. The van der Waals surface area contributed by atoms with Gasteiger partial charge in [0.1, 0.15) is 13.2 Å². The Morgan fingerprint density at radius 3 is 2.38 bits per heavy atom. The molecular weight excluding hydrogens is 474 g/mol. The summed E-state index contributed by atoms with van der Waals surface area (Å²) < 4.78 is 37.7. The van der Waals surface area contributed by atoms with Crippen LogP contribution in [0.25, 0.3) is 10.2 Å². The van der Waals surface area contributed by atoms with Gasteiger partial charge in [-0.25, -0.2) is 13.4 Å². The molecule has 0 fully saturated rings. The van der Waals surface area contributed by atoms with Crippen LogP contribution in [0, 0.1) is 0 Å². The van der Waals surface area contributed by atoms with Crippen molar-refractivity contribution in [3.63, 3.8) is 0 Å². The normalized spacial score (nSPS) is 13.4. The molecule has 1 amide bonds. The van der Waals surface area contributed by atoms with E-state index in [1.165, 1.54) is 11.3 Å². The van der Waals surface area contributed by atoms with Gasteiger partial charge in [-0.2, -0.15) is 0 Å². The van der Waals surface area contributed by atoms with E-state index in [0.29, 0.717) is 42.9 Å². The molecule has 1 aliphatic rings. The van der Waals surface area contributed by atoms with Crippen LogP contribution >= 0.6 is 11.3 Å². The van der Waals surface area contributed by atoms with Gasteiger partial charge in [-0.3, -0.25) is 9.69 Å². The van der Waals surface area contributed by atoms with Gasteiger partial charge in [-0.05, 0) is 25.2 Å². The van der Waals surface area contributed by atoms with Crippen molar-refractivity contribution < 1.29 is 22.7 Å². The molecule has 0 saturated carbocycles. The Bertz CT molecular complexity index is 1200. The molecule has 2 aromatic carbocycles. The number of anilines is 1. The summed E-state index contributed by atoms with van der Waals surface area (Å²) in [4.78, 5) is 22.1. The number of amides is 1. The van der Waals surface area contributed by atoms with Crippen LogP contribution in [0.2, 0.25) is 0 Å². The quantitative estimate of drug-likeness (QED) is 0.418. The van der Waals surface area contributed by atoms with E-state index in [2.05, 4.69) is 18.7 Å². The predicted molar refractivity (Wildman–Crippen MR) is 134 cm³/mol. The smallest absolute Gasteiger partial charge is 0.229 e. The van der Waals surface area contributed by atoms with Crippen LogP contribution in [0.5, 0.6) is 11.5 Å². The van der Waals surface area contributed by atoms with Crippen LogP contribution in [-0.4, -0.2) is 69.4 Å². The molecule has 1 aliphatic heterocycles. The molecule has 0 atom stereocenters. The maximum Gasteiger partial charge on any atom is 0.229 e. The lowest BCUT2D eigenvalue weighted by Gasteiger charge is -2.24. The Morgan fingerprint density at radius 2 is 1.71 bits per heavy atom. The number of sulfone groups is 1. The first-order valence-corrected chi connectivity index (χ1v) is 13.9. The number of nitrogens with zero attached hydrogens (tertiary/aromatic N) is 3. The van der Waals surface area contributed by atoms with Gasteiger partial charge in [0.05, 0.1) is 20.9 Å². The zero-order valence-corrected chi connectivity index (χ0v) is 21.0. The average molecular weight is 504 g/mol. The van der Waals surface area contributed by atoms with Crippen molar-refractivity contribution in [2.24, 2.45) is 0 Å². The van der Waals surface area contributed by atoms with Crippen molar-refractivity contribution in [2.75, 3.05) is 50.0 Å². The maximum atomic E-state index is 13.3. The van der Waals surface area contributed by atoms with Crippen molar-refractivity contribution in [3.05, 3.63) is 42.5 Å². The molecule has 4 rings (SSSR count). The molecule has 0 bridgehead atoms. The number of fused-ring (bicyclic) bond motifs is 2. The van der Waals surface area contributed by atoms with Crippen molar-refractivity contribution in [3.8, 4) is 11.5 Å². The highest BCUT2D eigenvalue weighted by Crippen LogP contribution is 2.38. The minimum Gasteiger partial charge on any atom is -0.486 e. The lowest BCUT2D eigenvalue weighted by atomic mass is 10.3. The van der Waals surface area contributed by atoms with Gasteiger partial charge in [0.25, 0.3) is 0 Å². The summed E-state index contributed by atoms with van der Waals surface area (Å²) in [6.45, 7) is 7.95. The second-order valence-corrected chi connectivity index (χ2v) is 11.0. The van der Waals surface area contributed by atoms with Crippen LogP contribution < -0.4 is 14.4 Å². The summed E-state index contributed by atoms with van der Waals surface area (Å²) in [6, 6.07) is 11.9. The number of benzene rings is 2. The number of hydrogen-bond donors (Lipinski definition) is 0. The number of rotatable bonds is 10. The minimum absolute atomic E-state index is 0.117. The molecule has 3 aromatic rings. The highest BCUT2D eigenvalue weighted by atomic mass is 32.2. The van der Waals surface area contributed by atoms with E-state index in [-0.39, 0.29) is 23.0 Å². The molecule has 0 spiro atoms. The van der Waals surface area contributed by atoms with Gasteiger partial charge < -0.3 is 14.4 Å². The Balaban J connectivity index is 1.57. The number of ether oxygens (including phenoxy) is 2. The van der Waals surface area contributed by atoms with E-state index in [0.717, 1.165) is 23.3 Å². The molecule has 0 radical (unpaired) electrons. The predicted octanol–water partition coefficient (Wildman–Crippen LogP) is 3.61. The largest absolute Gasteiger partial charge is 0.486 e. The first-order valence-electron chi connectivity index (χ1n) is 11.4. The SMILES string of the molecule is CCN(CC)CCN(C(=O)CCS(=O)(=O)c1ccccc1)c1nc2cc3c(cc2s1)OCCO3. The first kappa shape index (κ1) is 24.4. The molecule has 34 heavy (non-hydrogen) atoms. The fourth-order valence-electron chi connectivity index (χ4n) is 3.78. The lowest BCUT2D eigenvalue weighted by Crippen LogP contribution is -2.39. The van der Waals surface area contributed by atoms with Crippen LogP contribution in [-0.2, 0) is 14.6 Å². The van der Waals surface area contributed by atoms with Gasteiger partial charge in [-0.1, -0.05) is 43.4 Å². The number of thiazole rings is 1. The summed E-state index contributed by atoms with van der Waals surface area (Å²) in [6.07, 6.45) is -0.117. The number of carbonyl (C=O) groups excluding carboxylic acids is 1. The Labute approximate surface area is 204 Å². The summed E-state index contributed by atoms with van der Waals surface area (Å²) in [5.41, 5.74) is 0.724. The number of carbonyl (C=O) groups is 1. The van der Waals surface area contributed by atoms with Crippen molar-refractivity contribution in [2.45, 2.75) is 25.2 Å². The van der Waals surface area contributed by atoms with Gasteiger partial charge in [0.15, 0.2) is 26.5 Å². The third kappa shape index (κ3) is 5.51. The van der Waals surface area contributed by atoms with Gasteiger partial charge in [0.2, 0.25) is 5.91 Å². The Morgan fingerprint density at radius 1 is 1.03 bits per heavy atom. The molecule has 2 heterocycles. The van der Waals surface area contributed by atoms with Crippen LogP contribution in [0.3, 0.4) is 0 Å². The number of hydrogen-bond acceptors (Lipinski definition) is 8. The van der Waals surface area contributed by atoms with E-state index >= 15 is 0 Å². The topological polar surface area (TPSA) is 89.0 Å². The standard InChI is InChI=1S/C24H29N3O5S2/c1-3-26(4-2)11-12-27(23(28)10-15-34(29,30)18-8-6-5-7-9-18)24-25-19-16-20-21(17-22(19)33-24)32-14-13-31-20/h5-9,16-17H,3-4,10-15H2,1-2H3. The molecular formula is C24H29N3O5S2. The summed E-state index contributed by atoms with van der Waals surface area (Å²) in [5, 5.41) is 0.548. The molecule has 1 aromatic heterocycles. The molecule has 8 nitrogen and oxygen atoms in total. The monoisotopic (exact) mass is 503 g/mol. The fourth-order valence-corrected chi connectivity index (χ4v) is 6.05. The van der Waals surface area contributed by atoms with E-state index in [1.54, 1.807) is 35.2 Å². The van der Waals surface area contributed by atoms with Crippen LogP contribution in [0.1, 0.15) is 20.3 Å². The maximum absolute atomic E-state index is 13.3.